The fourth-order valence-electron chi connectivity index (χ4n) is 4.04. The number of imidazole rings is 1. The molecule has 0 amide bonds. The van der Waals surface area contributed by atoms with Crippen molar-refractivity contribution in [3.05, 3.63) is 40.9 Å². The van der Waals surface area contributed by atoms with Gasteiger partial charge in [-0.15, -0.1) is 0 Å². The summed E-state index contributed by atoms with van der Waals surface area (Å²) in [6, 6.07) is 6.08. The third-order valence-electron chi connectivity index (χ3n) is 5.20. The zero-order valence-corrected chi connectivity index (χ0v) is 13.6. The third-order valence-corrected chi connectivity index (χ3v) is 5.20. The summed E-state index contributed by atoms with van der Waals surface area (Å²) in [6.07, 6.45) is 7.17. The first-order valence-corrected chi connectivity index (χ1v) is 8.53. The SMILES string of the molecule is Cn1c([C@H]2CCCN2Cc2ccc(C#N)o2)nc2c1CCCC2. The molecule has 0 N–H and O–H groups in total. The summed E-state index contributed by atoms with van der Waals surface area (Å²) in [5.41, 5.74) is 2.74. The molecule has 0 spiro atoms. The van der Waals surface area contributed by atoms with Gasteiger partial charge in [0.2, 0.25) is 5.76 Å². The van der Waals surface area contributed by atoms with E-state index in [1.165, 1.54) is 36.5 Å². The van der Waals surface area contributed by atoms with E-state index in [4.69, 9.17) is 14.7 Å². The summed E-state index contributed by atoms with van der Waals surface area (Å²) in [5, 5.41) is 8.90. The van der Waals surface area contributed by atoms with Gasteiger partial charge in [-0.05, 0) is 57.2 Å². The normalized spacial score (nSPS) is 21.3. The first-order valence-electron chi connectivity index (χ1n) is 8.53. The molecule has 2 aliphatic rings. The molecular formula is C18H22N4O. The van der Waals surface area contributed by atoms with E-state index in [-0.39, 0.29) is 0 Å². The van der Waals surface area contributed by atoms with Crippen LogP contribution in [0.2, 0.25) is 0 Å². The van der Waals surface area contributed by atoms with Crippen LogP contribution in [-0.2, 0) is 26.4 Å². The molecule has 2 aromatic rings. The Morgan fingerprint density at radius 2 is 2.17 bits per heavy atom. The first-order chi connectivity index (χ1) is 11.3. The van der Waals surface area contributed by atoms with Crippen LogP contribution in [0.15, 0.2) is 16.5 Å². The van der Waals surface area contributed by atoms with E-state index in [9.17, 15) is 0 Å². The van der Waals surface area contributed by atoms with Gasteiger partial charge in [-0.1, -0.05) is 0 Å². The minimum Gasteiger partial charge on any atom is -0.449 e. The van der Waals surface area contributed by atoms with Crippen LogP contribution in [0.5, 0.6) is 0 Å². The fourth-order valence-corrected chi connectivity index (χ4v) is 4.04. The van der Waals surface area contributed by atoms with Gasteiger partial charge < -0.3 is 8.98 Å². The summed E-state index contributed by atoms with van der Waals surface area (Å²) in [7, 11) is 2.17. The van der Waals surface area contributed by atoms with E-state index >= 15 is 0 Å². The van der Waals surface area contributed by atoms with Crippen molar-refractivity contribution in [1.82, 2.24) is 14.5 Å². The minimum absolute atomic E-state index is 0.362. The Bertz CT molecular complexity index is 752. The van der Waals surface area contributed by atoms with Crippen molar-refractivity contribution in [2.45, 2.75) is 51.1 Å². The summed E-state index contributed by atoms with van der Waals surface area (Å²) < 4.78 is 7.89. The number of nitriles is 1. The molecule has 23 heavy (non-hydrogen) atoms. The third kappa shape index (κ3) is 2.57. The zero-order valence-electron chi connectivity index (χ0n) is 13.6. The standard InChI is InChI=1S/C18H22N4O/c1-21-16-6-3-2-5-15(16)20-18(21)17-7-4-10-22(17)12-14-9-8-13(11-19)23-14/h8-9,17H,2-7,10,12H2,1H3/t17-/m1/s1. The van der Waals surface area contributed by atoms with Crippen molar-refractivity contribution in [2.24, 2.45) is 7.05 Å². The molecule has 2 aromatic heterocycles. The number of likely N-dealkylation sites (tertiary alicyclic amines) is 1. The summed E-state index contributed by atoms with van der Waals surface area (Å²) in [5.74, 6) is 2.47. The lowest BCUT2D eigenvalue weighted by Gasteiger charge is -2.23. The maximum atomic E-state index is 8.90. The number of aryl methyl sites for hydroxylation is 1. The molecule has 1 fully saturated rings. The quantitative estimate of drug-likeness (QED) is 0.874. The van der Waals surface area contributed by atoms with Gasteiger partial charge in [0.1, 0.15) is 17.7 Å². The molecule has 5 nitrogen and oxygen atoms in total. The molecule has 0 unspecified atom stereocenters. The van der Waals surface area contributed by atoms with Crippen LogP contribution in [0.4, 0.5) is 0 Å². The van der Waals surface area contributed by atoms with Gasteiger partial charge in [0.05, 0.1) is 18.3 Å². The molecule has 1 aliphatic carbocycles. The molecule has 1 atom stereocenters. The van der Waals surface area contributed by atoms with Gasteiger partial charge in [0, 0.05) is 12.7 Å². The van der Waals surface area contributed by atoms with Crippen LogP contribution >= 0.6 is 0 Å². The van der Waals surface area contributed by atoms with Crippen LogP contribution in [-0.4, -0.2) is 21.0 Å². The highest BCUT2D eigenvalue weighted by Crippen LogP contribution is 2.34. The average molecular weight is 310 g/mol. The Morgan fingerprint density at radius 1 is 1.30 bits per heavy atom. The van der Waals surface area contributed by atoms with Gasteiger partial charge in [-0.25, -0.2) is 4.98 Å². The molecule has 1 saturated heterocycles. The number of furan rings is 1. The highest BCUT2D eigenvalue weighted by molar-refractivity contribution is 5.23. The van der Waals surface area contributed by atoms with E-state index < -0.39 is 0 Å². The van der Waals surface area contributed by atoms with Crippen LogP contribution < -0.4 is 0 Å². The minimum atomic E-state index is 0.362. The van der Waals surface area contributed by atoms with Crippen molar-refractivity contribution in [2.75, 3.05) is 6.54 Å². The summed E-state index contributed by atoms with van der Waals surface area (Å²) >= 11 is 0. The van der Waals surface area contributed by atoms with E-state index in [0.717, 1.165) is 38.1 Å². The molecular weight excluding hydrogens is 288 g/mol. The van der Waals surface area contributed by atoms with Crippen molar-refractivity contribution < 1.29 is 4.42 Å². The van der Waals surface area contributed by atoms with E-state index in [0.29, 0.717) is 11.8 Å². The monoisotopic (exact) mass is 310 g/mol. The van der Waals surface area contributed by atoms with E-state index in [2.05, 4.69) is 22.6 Å². The second kappa shape index (κ2) is 5.86. The molecule has 0 saturated carbocycles. The molecule has 0 aromatic carbocycles. The van der Waals surface area contributed by atoms with Crippen LogP contribution in [0.3, 0.4) is 0 Å². The van der Waals surface area contributed by atoms with Crippen LogP contribution in [0.1, 0.15) is 60.5 Å². The number of rotatable bonds is 3. The Labute approximate surface area is 136 Å². The largest absolute Gasteiger partial charge is 0.449 e. The Kier molecular flexibility index (Phi) is 3.70. The van der Waals surface area contributed by atoms with Crippen molar-refractivity contribution in [3.8, 4) is 6.07 Å². The smallest absolute Gasteiger partial charge is 0.203 e. The topological polar surface area (TPSA) is 58.0 Å². The molecule has 3 heterocycles. The fraction of sp³-hybridized carbons (Fsp3) is 0.556. The van der Waals surface area contributed by atoms with Crippen LogP contribution in [0.25, 0.3) is 0 Å². The van der Waals surface area contributed by atoms with E-state index in [1.54, 1.807) is 6.07 Å². The van der Waals surface area contributed by atoms with Crippen molar-refractivity contribution in [1.29, 1.82) is 5.26 Å². The predicted octanol–water partition coefficient (Wildman–Crippen LogP) is 3.10. The number of aromatic nitrogens is 2. The first kappa shape index (κ1) is 14.5. The highest BCUT2D eigenvalue weighted by atomic mass is 16.3. The van der Waals surface area contributed by atoms with Crippen molar-refractivity contribution >= 4 is 0 Å². The maximum Gasteiger partial charge on any atom is 0.203 e. The summed E-state index contributed by atoms with van der Waals surface area (Å²) in [6.45, 7) is 1.81. The van der Waals surface area contributed by atoms with Crippen LogP contribution in [0, 0.1) is 11.3 Å². The Morgan fingerprint density at radius 3 is 2.96 bits per heavy atom. The lowest BCUT2D eigenvalue weighted by atomic mass is 10.0. The van der Waals surface area contributed by atoms with Gasteiger partial charge >= 0.3 is 0 Å². The second-order valence-corrected chi connectivity index (χ2v) is 6.64. The molecule has 0 bridgehead atoms. The number of fused-ring (bicyclic) bond motifs is 1. The molecule has 4 rings (SSSR count). The molecule has 120 valence electrons. The van der Waals surface area contributed by atoms with Crippen molar-refractivity contribution in [3.63, 3.8) is 0 Å². The van der Waals surface area contributed by atoms with Gasteiger partial charge in [-0.2, -0.15) is 5.26 Å². The predicted molar refractivity (Wildman–Crippen MR) is 85.7 cm³/mol. The van der Waals surface area contributed by atoms with Gasteiger partial charge in [0.25, 0.3) is 0 Å². The number of hydrogen-bond donors (Lipinski definition) is 0. The Hall–Kier alpha value is -2.06. The number of nitrogens with zero attached hydrogens (tertiary/aromatic N) is 4. The average Bonchev–Trinajstić information content (AvgIpc) is 3.28. The molecule has 0 radical (unpaired) electrons. The van der Waals surface area contributed by atoms with E-state index in [1.807, 2.05) is 6.07 Å². The molecule has 5 heteroatoms. The van der Waals surface area contributed by atoms with Gasteiger partial charge in [-0.3, -0.25) is 4.90 Å². The van der Waals surface area contributed by atoms with Gasteiger partial charge in [0.15, 0.2) is 0 Å². The number of hydrogen-bond acceptors (Lipinski definition) is 4. The lowest BCUT2D eigenvalue weighted by Crippen LogP contribution is -2.25. The molecule has 1 aliphatic heterocycles. The Balaban J connectivity index is 1.58. The lowest BCUT2D eigenvalue weighted by molar-refractivity contribution is 0.217. The second-order valence-electron chi connectivity index (χ2n) is 6.64. The highest BCUT2D eigenvalue weighted by Gasteiger charge is 2.32. The zero-order chi connectivity index (χ0) is 15.8. The maximum absolute atomic E-state index is 8.90. The summed E-state index contributed by atoms with van der Waals surface area (Å²) in [4.78, 5) is 7.42.